The number of rotatable bonds is 8. The first-order valence-corrected chi connectivity index (χ1v) is 12.6. The molecule has 1 fully saturated rings. The number of hydrogen-bond acceptors (Lipinski definition) is 4. The Labute approximate surface area is 215 Å². The molecule has 1 aliphatic carbocycles. The number of carbonyl (C=O) groups excluding carboxylic acids is 1. The Bertz CT molecular complexity index is 1300. The standard InChI is InChI=1S/C29H28ClNO5/c1-17-14-25-23(29(33)34)11-13-35-27(25)16-26(17)36-22-8-5-20(6-9-22)28(32)31-12-10-19-4-7-21(30)15-24(19)18-2-3-18/h4-9,14-16,18,23H,2-3,10-13H2,1H3,(H,31,32)(H,33,34). The summed E-state index contributed by atoms with van der Waals surface area (Å²) in [5.41, 5.74) is 4.59. The van der Waals surface area contributed by atoms with Crippen LogP contribution in [0.1, 0.15) is 63.7 Å². The van der Waals surface area contributed by atoms with Gasteiger partial charge in [0.1, 0.15) is 17.2 Å². The van der Waals surface area contributed by atoms with Crippen molar-refractivity contribution in [2.75, 3.05) is 13.2 Å². The number of hydrogen-bond donors (Lipinski definition) is 2. The number of nitrogens with one attached hydrogen (secondary N) is 1. The molecule has 1 atom stereocenters. The van der Waals surface area contributed by atoms with E-state index in [0.29, 0.717) is 53.9 Å². The molecule has 5 rings (SSSR count). The zero-order chi connectivity index (χ0) is 25.2. The van der Waals surface area contributed by atoms with Crippen molar-refractivity contribution in [3.05, 3.63) is 87.4 Å². The Kier molecular flexibility index (Phi) is 6.88. The van der Waals surface area contributed by atoms with E-state index in [1.807, 2.05) is 19.1 Å². The molecule has 2 aliphatic rings. The average Bonchev–Trinajstić information content (AvgIpc) is 3.71. The highest BCUT2D eigenvalue weighted by Crippen LogP contribution is 2.43. The van der Waals surface area contributed by atoms with Gasteiger partial charge in [-0.3, -0.25) is 9.59 Å². The molecule has 7 heteroatoms. The van der Waals surface area contributed by atoms with Gasteiger partial charge in [0.15, 0.2) is 0 Å². The number of carboxylic acid groups (broad SMARTS) is 1. The van der Waals surface area contributed by atoms with E-state index in [-0.39, 0.29) is 5.91 Å². The van der Waals surface area contributed by atoms with E-state index in [0.717, 1.165) is 17.0 Å². The first kappa shape index (κ1) is 24.2. The molecule has 0 bridgehead atoms. The van der Waals surface area contributed by atoms with Crippen molar-refractivity contribution >= 4 is 23.5 Å². The molecule has 0 aromatic heterocycles. The molecular formula is C29H28ClNO5. The molecule has 3 aromatic carbocycles. The molecule has 186 valence electrons. The smallest absolute Gasteiger partial charge is 0.311 e. The van der Waals surface area contributed by atoms with Crippen LogP contribution in [0, 0.1) is 6.92 Å². The number of benzene rings is 3. The second-order valence-corrected chi connectivity index (χ2v) is 9.87. The van der Waals surface area contributed by atoms with Crippen LogP contribution in [0.2, 0.25) is 5.02 Å². The van der Waals surface area contributed by atoms with Crippen molar-refractivity contribution in [3.8, 4) is 17.2 Å². The lowest BCUT2D eigenvalue weighted by atomic mass is 9.92. The maximum Gasteiger partial charge on any atom is 0.311 e. The number of carboxylic acids is 1. The molecule has 3 aromatic rings. The van der Waals surface area contributed by atoms with Gasteiger partial charge in [0, 0.05) is 28.8 Å². The molecule has 1 saturated carbocycles. The SMILES string of the molecule is Cc1cc2c(cc1Oc1ccc(C(=O)NCCc3ccc(Cl)cc3C3CC3)cc1)OCCC2C(=O)O. The monoisotopic (exact) mass is 505 g/mol. The molecule has 1 heterocycles. The highest BCUT2D eigenvalue weighted by atomic mass is 35.5. The minimum Gasteiger partial charge on any atom is -0.493 e. The van der Waals surface area contributed by atoms with Gasteiger partial charge in [0.2, 0.25) is 0 Å². The van der Waals surface area contributed by atoms with Gasteiger partial charge in [-0.25, -0.2) is 0 Å². The zero-order valence-corrected chi connectivity index (χ0v) is 20.8. The van der Waals surface area contributed by atoms with E-state index in [2.05, 4.69) is 17.4 Å². The van der Waals surface area contributed by atoms with Gasteiger partial charge in [-0.1, -0.05) is 17.7 Å². The fourth-order valence-corrected chi connectivity index (χ4v) is 4.86. The van der Waals surface area contributed by atoms with E-state index < -0.39 is 11.9 Å². The van der Waals surface area contributed by atoms with Crippen LogP contribution in [0.25, 0.3) is 0 Å². The van der Waals surface area contributed by atoms with Crippen molar-refractivity contribution in [2.45, 2.75) is 44.4 Å². The van der Waals surface area contributed by atoms with Gasteiger partial charge in [0.25, 0.3) is 5.91 Å². The summed E-state index contributed by atoms with van der Waals surface area (Å²) in [5, 5.41) is 13.2. The van der Waals surface area contributed by atoms with Crippen molar-refractivity contribution in [2.24, 2.45) is 0 Å². The largest absolute Gasteiger partial charge is 0.493 e. The molecule has 36 heavy (non-hydrogen) atoms. The van der Waals surface area contributed by atoms with Crippen molar-refractivity contribution < 1.29 is 24.2 Å². The summed E-state index contributed by atoms with van der Waals surface area (Å²) in [5.74, 6) is 0.752. The summed E-state index contributed by atoms with van der Waals surface area (Å²) in [6, 6.07) is 16.5. The summed E-state index contributed by atoms with van der Waals surface area (Å²) in [6.45, 7) is 2.78. The maximum atomic E-state index is 12.7. The van der Waals surface area contributed by atoms with Crippen LogP contribution < -0.4 is 14.8 Å². The summed E-state index contributed by atoms with van der Waals surface area (Å²) in [6.07, 6.45) is 3.62. The number of aliphatic carboxylic acids is 1. The molecule has 0 spiro atoms. The van der Waals surface area contributed by atoms with E-state index in [4.69, 9.17) is 21.1 Å². The molecule has 1 aliphatic heterocycles. The lowest BCUT2D eigenvalue weighted by molar-refractivity contribution is -0.139. The highest BCUT2D eigenvalue weighted by molar-refractivity contribution is 6.30. The van der Waals surface area contributed by atoms with Gasteiger partial charge in [-0.15, -0.1) is 0 Å². The van der Waals surface area contributed by atoms with Gasteiger partial charge in [-0.05, 0) is 97.7 Å². The van der Waals surface area contributed by atoms with Crippen LogP contribution in [0.4, 0.5) is 0 Å². The van der Waals surface area contributed by atoms with Crippen LogP contribution >= 0.6 is 11.6 Å². The third-order valence-electron chi connectivity index (χ3n) is 6.79. The van der Waals surface area contributed by atoms with Gasteiger partial charge >= 0.3 is 5.97 Å². The van der Waals surface area contributed by atoms with Gasteiger partial charge in [0.05, 0.1) is 12.5 Å². The van der Waals surface area contributed by atoms with Gasteiger partial charge < -0.3 is 19.9 Å². The predicted molar refractivity (Wildman–Crippen MR) is 138 cm³/mol. The number of amides is 1. The first-order valence-electron chi connectivity index (χ1n) is 12.2. The third-order valence-corrected chi connectivity index (χ3v) is 7.03. The quantitative estimate of drug-likeness (QED) is 0.378. The van der Waals surface area contributed by atoms with E-state index in [1.165, 1.54) is 24.0 Å². The third kappa shape index (κ3) is 5.34. The Morgan fingerprint density at radius 2 is 1.83 bits per heavy atom. The second kappa shape index (κ2) is 10.2. The van der Waals surface area contributed by atoms with Crippen molar-refractivity contribution in [3.63, 3.8) is 0 Å². The van der Waals surface area contributed by atoms with E-state index in [9.17, 15) is 14.7 Å². The average molecular weight is 506 g/mol. The van der Waals surface area contributed by atoms with Crippen LogP contribution in [0.15, 0.2) is 54.6 Å². The highest BCUT2D eigenvalue weighted by Gasteiger charge is 2.29. The molecule has 1 amide bonds. The number of aryl methyl sites for hydroxylation is 1. The van der Waals surface area contributed by atoms with E-state index >= 15 is 0 Å². The lowest BCUT2D eigenvalue weighted by Gasteiger charge is -2.24. The molecule has 1 unspecified atom stereocenters. The summed E-state index contributed by atoms with van der Waals surface area (Å²) < 4.78 is 11.7. The minimum absolute atomic E-state index is 0.137. The Morgan fingerprint density at radius 3 is 2.56 bits per heavy atom. The second-order valence-electron chi connectivity index (χ2n) is 9.43. The summed E-state index contributed by atoms with van der Waals surface area (Å²) in [7, 11) is 0. The number of carbonyl (C=O) groups is 2. The summed E-state index contributed by atoms with van der Waals surface area (Å²) in [4.78, 5) is 24.2. The number of ether oxygens (including phenoxy) is 2. The molecule has 6 nitrogen and oxygen atoms in total. The normalized spacial score (nSPS) is 16.6. The molecule has 0 saturated heterocycles. The van der Waals surface area contributed by atoms with Crippen LogP contribution in [-0.2, 0) is 11.2 Å². The maximum absolute atomic E-state index is 12.7. The first-order chi connectivity index (χ1) is 17.4. The Hall–Kier alpha value is -3.51. The Morgan fingerprint density at radius 1 is 1.06 bits per heavy atom. The fourth-order valence-electron chi connectivity index (χ4n) is 4.68. The Balaban J connectivity index is 1.20. The number of fused-ring (bicyclic) bond motifs is 1. The minimum atomic E-state index is -0.849. The van der Waals surface area contributed by atoms with Crippen LogP contribution in [0.3, 0.4) is 0 Å². The molecular weight excluding hydrogens is 478 g/mol. The predicted octanol–water partition coefficient (Wildman–Crippen LogP) is 6.24. The number of halogens is 1. The topological polar surface area (TPSA) is 84.9 Å². The van der Waals surface area contributed by atoms with Gasteiger partial charge in [-0.2, -0.15) is 0 Å². The fraction of sp³-hybridized carbons (Fsp3) is 0.310. The molecule has 2 N–H and O–H groups in total. The lowest BCUT2D eigenvalue weighted by Crippen LogP contribution is -2.25. The molecule has 0 radical (unpaired) electrons. The summed E-state index contributed by atoms with van der Waals surface area (Å²) >= 11 is 6.17. The van der Waals surface area contributed by atoms with Crippen molar-refractivity contribution in [1.82, 2.24) is 5.32 Å². The zero-order valence-electron chi connectivity index (χ0n) is 20.1. The van der Waals surface area contributed by atoms with Crippen LogP contribution in [-0.4, -0.2) is 30.1 Å². The van der Waals surface area contributed by atoms with Crippen LogP contribution in [0.5, 0.6) is 17.2 Å². The van der Waals surface area contributed by atoms with E-state index in [1.54, 1.807) is 30.3 Å². The van der Waals surface area contributed by atoms with Crippen molar-refractivity contribution in [1.29, 1.82) is 0 Å².